The predicted octanol–water partition coefficient (Wildman–Crippen LogP) is 5.10. The van der Waals surface area contributed by atoms with Crippen LogP contribution in [0.1, 0.15) is 23.6 Å². The SMILES string of the molecule is C[C@@H](Cc1ccc(Cl)c(Cl)c1)C(=O)NC1N=C(c2ccccc2)c2ccccc2NC1=O. The first-order valence-electron chi connectivity index (χ1n) is 10.2. The van der Waals surface area contributed by atoms with Gasteiger partial charge in [-0.3, -0.25) is 9.59 Å². The first-order valence-corrected chi connectivity index (χ1v) is 11.0. The third-order valence-electron chi connectivity index (χ3n) is 5.25. The monoisotopic (exact) mass is 465 g/mol. The highest BCUT2D eigenvalue weighted by Gasteiger charge is 2.28. The third kappa shape index (κ3) is 4.85. The Labute approximate surface area is 196 Å². The van der Waals surface area contributed by atoms with Gasteiger partial charge < -0.3 is 10.6 Å². The number of carbonyl (C=O) groups is 2. The van der Waals surface area contributed by atoms with Crippen molar-refractivity contribution in [1.82, 2.24) is 5.32 Å². The molecule has 0 saturated heterocycles. The zero-order valence-corrected chi connectivity index (χ0v) is 18.8. The maximum Gasteiger partial charge on any atom is 0.269 e. The van der Waals surface area contributed by atoms with E-state index in [0.717, 1.165) is 16.7 Å². The summed E-state index contributed by atoms with van der Waals surface area (Å²) < 4.78 is 0. The molecular formula is C25H21Cl2N3O2. The average molecular weight is 466 g/mol. The number of nitrogens with zero attached hydrogens (tertiary/aromatic N) is 1. The molecule has 3 aromatic carbocycles. The summed E-state index contributed by atoms with van der Waals surface area (Å²) in [5.74, 6) is -1.07. The summed E-state index contributed by atoms with van der Waals surface area (Å²) in [4.78, 5) is 30.5. The Hall–Kier alpha value is -3.15. The molecule has 4 rings (SSSR count). The fraction of sp³-hybridized carbons (Fsp3) is 0.160. The van der Waals surface area contributed by atoms with Gasteiger partial charge in [0.25, 0.3) is 5.91 Å². The van der Waals surface area contributed by atoms with Gasteiger partial charge >= 0.3 is 0 Å². The molecule has 3 aromatic rings. The van der Waals surface area contributed by atoms with Crippen molar-refractivity contribution in [3.05, 3.63) is 99.5 Å². The summed E-state index contributed by atoms with van der Waals surface area (Å²) in [5.41, 5.74) is 3.84. The first kappa shape index (κ1) is 22.1. The molecule has 7 heteroatoms. The number of hydrogen-bond acceptors (Lipinski definition) is 3. The van der Waals surface area contributed by atoms with Gasteiger partial charge in [0, 0.05) is 17.0 Å². The standard InChI is InChI=1S/C25H21Cl2N3O2/c1-15(13-16-11-12-19(26)20(27)14-16)24(31)30-23-25(32)28-21-10-6-5-9-18(21)22(29-23)17-7-3-2-4-8-17/h2-12,14-15,23H,13H2,1H3,(H,28,32)(H,30,31)/t15-,23?/m0/s1. The van der Waals surface area contributed by atoms with E-state index in [2.05, 4.69) is 15.6 Å². The van der Waals surface area contributed by atoms with Crippen molar-refractivity contribution in [2.75, 3.05) is 5.32 Å². The summed E-state index contributed by atoms with van der Waals surface area (Å²) in [6.07, 6.45) is -0.603. The van der Waals surface area contributed by atoms with Crippen molar-refractivity contribution in [1.29, 1.82) is 0 Å². The van der Waals surface area contributed by atoms with Crippen LogP contribution in [0.4, 0.5) is 5.69 Å². The van der Waals surface area contributed by atoms with Gasteiger partial charge in [0.15, 0.2) is 0 Å². The number of carbonyl (C=O) groups excluding carboxylic acids is 2. The van der Waals surface area contributed by atoms with Crippen molar-refractivity contribution in [2.45, 2.75) is 19.5 Å². The predicted molar refractivity (Wildman–Crippen MR) is 128 cm³/mol. The zero-order chi connectivity index (χ0) is 22.7. The molecule has 5 nitrogen and oxygen atoms in total. The van der Waals surface area contributed by atoms with Gasteiger partial charge in [-0.1, -0.05) is 84.7 Å². The Morgan fingerprint density at radius 3 is 2.50 bits per heavy atom. The van der Waals surface area contributed by atoms with Gasteiger partial charge in [-0.05, 0) is 30.2 Å². The molecule has 0 aromatic heterocycles. The Morgan fingerprint density at radius 1 is 1.03 bits per heavy atom. The number of hydrogen-bond donors (Lipinski definition) is 2. The van der Waals surface area contributed by atoms with Crippen molar-refractivity contribution >= 4 is 46.4 Å². The highest BCUT2D eigenvalue weighted by atomic mass is 35.5. The smallest absolute Gasteiger partial charge is 0.269 e. The lowest BCUT2D eigenvalue weighted by atomic mass is 10.00. The number of amides is 2. The molecule has 0 aliphatic carbocycles. The van der Waals surface area contributed by atoms with Crippen molar-refractivity contribution in [2.24, 2.45) is 10.9 Å². The molecule has 2 N–H and O–H groups in total. The van der Waals surface area contributed by atoms with Crippen LogP contribution in [0.2, 0.25) is 10.0 Å². The lowest BCUT2D eigenvalue weighted by Crippen LogP contribution is -2.44. The van der Waals surface area contributed by atoms with E-state index in [9.17, 15) is 9.59 Å². The summed E-state index contributed by atoms with van der Waals surface area (Å²) in [7, 11) is 0. The van der Waals surface area contributed by atoms with Gasteiger partial charge in [0.1, 0.15) is 0 Å². The Kier molecular flexibility index (Phi) is 6.58. The molecule has 2 amide bonds. The number of rotatable bonds is 5. The van der Waals surface area contributed by atoms with Crippen molar-refractivity contribution in [3.8, 4) is 0 Å². The van der Waals surface area contributed by atoms with Crippen LogP contribution in [0.25, 0.3) is 0 Å². The van der Waals surface area contributed by atoms with E-state index in [1.165, 1.54) is 0 Å². The maximum atomic E-state index is 12.9. The Bertz CT molecular complexity index is 1190. The van der Waals surface area contributed by atoms with E-state index < -0.39 is 18.0 Å². The maximum absolute atomic E-state index is 12.9. The van der Waals surface area contributed by atoms with Gasteiger partial charge in [0.2, 0.25) is 12.1 Å². The van der Waals surface area contributed by atoms with Crippen LogP contribution in [0.15, 0.2) is 77.8 Å². The molecule has 32 heavy (non-hydrogen) atoms. The average Bonchev–Trinajstić information content (AvgIpc) is 2.93. The molecule has 0 spiro atoms. The summed E-state index contributed by atoms with van der Waals surface area (Å²) in [5, 5.41) is 6.57. The van der Waals surface area contributed by atoms with Crippen LogP contribution in [0.5, 0.6) is 0 Å². The second kappa shape index (κ2) is 9.55. The van der Waals surface area contributed by atoms with Crippen LogP contribution in [-0.4, -0.2) is 23.7 Å². The number of benzodiazepines with no additional fused rings is 1. The number of fused-ring (bicyclic) bond motifs is 1. The number of halogens is 2. The van der Waals surface area contributed by atoms with E-state index in [4.69, 9.17) is 23.2 Å². The molecule has 0 saturated carbocycles. The van der Waals surface area contributed by atoms with Crippen molar-refractivity contribution in [3.63, 3.8) is 0 Å². The van der Waals surface area contributed by atoms with E-state index in [1.54, 1.807) is 19.1 Å². The van der Waals surface area contributed by atoms with E-state index >= 15 is 0 Å². The summed E-state index contributed by atoms with van der Waals surface area (Å²) in [6.45, 7) is 1.79. The molecular weight excluding hydrogens is 445 g/mol. The number of para-hydroxylation sites is 1. The summed E-state index contributed by atoms with van der Waals surface area (Å²) >= 11 is 12.1. The van der Waals surface area contributed by atoms with Gasteiger partial charge in [-0.25, -0.2) is 4.99 Å². The topological polar surface area (TPSA) is 70.6 Å². The zero-order valence-electron chi connectivity index (χ0n) is 17.3. The van der Waals surface area contributed by atoms with Crippen LogP contribution < -0.4 is 10.6 Å². The molecule has 2 atom stereocenters. The van der Waals surface area contributed by atoms with E-state index in [1.807, 2.05) is 60.7 Å². The van der Waals surface area contributed by atoms with Gasteiger partial charge in [-0.15, -0.1) is 0 Å². The molecule has 162 valence electrons. The lowest BCUT2D eigenvalue weighted by molar-refractivity contribution is -0.128. The molecule has 1 aliphatic rings. The van der Waals surface area contributed by atoms with Gasteiger partial charge in [0.05, 0.1) is 21.4 Å². The second-order valence-electron chi connectivity index (χ2n) is 7.64. The minimum absolute atomic E-state index is 0.279. The number of nitrogens with one attached hydrogen (secondary N) is 2. The van der Waals surface area contributed by atoms with Crippen LogP contribution in [0.3, 0.4) is 0 Å². The number of benzene rings is 3. The van der Waals surface area contributed by atoms with Crippen molar-refractivity contribution < 1.29 is 9.59 Å². The van der Waals surface area contributed by atoms with Crippen LogP contribution in [-0.2, 0) is 16.0 Å². The van der Waals surface area contributed by atoms with Crippen LogP contribution >= 0.6 is 23.2 Å². The Balaban J connectivity index is 1.59. The summed E-state index contributed by atoms with van der Waals surface area (Å²) in [6, 6.07) is 22.3. The highest BCUT2D eigenvalue weighted by Crippen LogP contribution is 2.25. The molecule has 1 aliphatic heterocycles. The van der Waals surface area contributed by atoms with Gasteiger partial charge in [-0.2, -0.15) is 0 Å². The third-order valence-corrected chi connectivity index (χ3v) is 5.99. The first-order chi connectivity index (χ1) is 15.4. The lowest BCUT2D eigenvalue weighted by Gasteiger charge is -2.17. The largest absolute Gasteiger partial charge is 0.326 e. The van der Waals surface area contributed by atoms with Crippen LogP contribution in [0, 0.1) is 5.92 Å². The Morgan fingerprint density at radius 2 is 1.75 bits per heavy atom. The quantitative estimate of drug-likeness (QED) is 0.549. The normalized spacial score (nSPS) is 16.3. The molecule has 0 bridgehead atoms. The molecule has 0 fully saturated rings. The fourth-order valence-electron chi connectivity index (χ4n) is 3.57. The van der Waals surface area contributed by atoms with E-state index in [-0.39, 0.29) is 5.91 Å². The minimum Gasteiger partial charge on any atom is -0.326 e. The highest BCUT2D eigenvalue weighted by molar-refractivity contribution is 6.42. The molecule has 0 radical (unpaired) electrons. The minimum atomic E-state index is -1.05. The second-order valence-corrected chi connectivity index (χ2v) is 8.46. The number of aliphatic imine (C=N–C) groups is 1. The van der Waals surface area contributed by atoms with E-state index in [0.29, 0.717) is 27.9 Å². The molecule has 1 unspecified atom stereocenters. The fourth-order valence-corrected chi connectivity index (χ4v) is 3.89. The molecule has 1 heterocycles. The number of anilines is 1.